The molecule has 0 spiro atoms. The van der Waals surface area contributed by atoms with Gasteiger partial charge < -0.3 is 5.32 Å². The normalized spacial score (nSPS) is 16.5. The van der Waals surface area contributed by atoms with Crippen molar-refractivity contribution in [3.63, 3.8) is 0 Å². The molecular weight excluding hydrogens is 473 g/mol. The maximum Gasteiger partial charge on any atom is 0.229 e. The van der Waals surface area contributed by atoms with E-state index in [0.717, 1.165) is 40.1 Å². The number of carbonyl (C=O) groups is 1. The summed E-state index contributed by atoms with van der Waals surface area (Å²) in [6.07, 6.45) is 1.33. The third-order valence-corrected chi connectivity index (χ3v) is 9.27. The van der Waals surface area contributed by atoms with Crippen LogP contribution in [0.15, 0.2) is 47.4 Å². The number of nitriles is 1. The van der Waals surface area contributed by atoms with Gasteiger partial charge in [-0.05, 0) is 47.7 Å². The molecule has 2 aliphatic heterocycles. The van der Waals surface area contributed by atoms with Gasteiger partial charge in [0, 0.05) is 30.1 Å². The topological polar surface area (TPSA) is 90.3 Å². The van der Waals surface area contributed by atoms with Gasteiger partial charge >= 0.3 is 0 Å². The summed E-state index contributed by atoms with van der Waals surface area (Å²) in [6.45, 7) is 1.95. The SMILES string of the molecule is N#Cc1c(NC(=O)Cc2ccc3c(c2)CCS3(=O)=O)sc2c1CN(Cc1cccc(F)c1)CC2. The average Bonchev–Trinajstić information content (AvgIpc) is 3.29. The second-order valence-corrected chi connectivity index (χ2v) is 11.8. The maximum atomic E-state index is 13.5. The molecule has 1 amide bonds. The Kier molecular flexibility index (Phi) is 5.98. The number of nitrogens with zero attached hydrogens (tertiary/aromatic N) is 2. The summed E-state index contributed by atoms with van der Waals surface area (Å²) < 4.78 is 37.5. The molecule has 1 aromatic heterocycles. The summed E-state index contributed by atoms with van der Waals surface area (Å²) in [5, 5.41) is 13.3. The number of halogens is 1. The Morgan fingerprint density at radius 3 is 2.82 bits per heavy atom. The minimum absolute atomic E-state index is 0.104. The highest BCUT2D eigenvalue weighted by Gasteiger charge is 2.27. The van der Waals surface area contributed by atoms with Crippen LogP contribution in [0.1, 0.15) is 32.7 Å². The molecule has 1 N–H and O–H groups in total. The van der Waals surface area contributed by atoms with Crippen molar-refractivity contribution >= 4 is 32.1 Å². The predicted octanol–water partition coefficient (Wildman–Crippen LogP) is 3.83. The second-order valence-electron chi connectivity index (χ2n) is 8.65. The molecule has 6 nitrogen and oxygen atoms in total. The molecule has 5 rings (SSSR count). The van der Waals surface area contributed by atoms with E-state index in [1.54, 1.807) is 24.3 Å². The number of amides is 1. The summed E-state index contributed by atoms with van der Waals surface area (Å²) in [4.78, 5) is 16.4. The minimum atomic E-state index is -3.19. The predicted molar refractivity (Wildman–Crippen MR) is 128 cm³/mol. The molecule has 9 heteroatoms. The number of sulfone groups is 1. The number of carbonyl (C=O) groups excluding carboxylic acids is 1. The second kappa shape index (κ2) is 8.95. The lowest BCUT2D eigenvalue weighted by Gasteiger charge is -2.27. The number of fused-ring (bicyclic) bond motifs is 2. The van der Waals surface area contributed by atoms with E-state index in [2.05, 4.69) is 16.3 Å². The molecule has 34 heavy (non-hydrogen) atoms. The number of hydrogen-bond donors (Lipinski definition) is 1. The Balaban J connectivity index is 1.29. The Labute approximate surface area is 201 Å². The zero-order chi connectivity index (χ0) is 23.9. The Hall–Kier alpha value is -3.06. The number of thiophene rings is 1. The molecule has 0 atom stereocenters. The largest absolute Gasteiger partial charge is 0.316 e. The van der Waals surface area contributed by atoms with E-state index < -0.39 is 9.84 Å². The highest BCUT2D eigenvalue weighted by Crippen LogP contribution is 2.37. The summed E-state index contributed by atoms with van der Waals surface area (Å²) in [7, 11) is -3.19. The molecule has 0 aliphatic carbocycles. The lowest BCUT2D eigenvalue weighted by molar-refractivity contribution is -0.115. The van der Waals surface area contributed by atoms with Gasteiger partial charge in [0.05, 0.1) is 22.6 Å². The Bertz CT molecular complexity index is 1440. The van der Waals surface area contributed by atoms with Gasteiger partial charge in [-0.2, -0.15) is 5.26 Å². The maximum absolute atomic E-state index is 13.5. The van der Waals surface area contributed by atoms with Gasteiger partial charge in [0.1, 0.15) is 16.9 Å². The molecular formula is C25H22FN3O3S2. The smallest absolute Gasteiger partial charge is 0.229 e. The van der Waals surface area contributed by atoms with Gasteiger partial charge in [-0.25, -0.2) is 12.8 Å². The van der Waals surface area contributed by atoms with E-state index >= 15 is 0 Å². The first-order chi connectivity index (χ1) is 16.3. The van der Waals surface area contributed by atoms with Crippen molar-refractivity contribution < 1.29 is 17.6 Å². The zero-order valence-corrected chi connectivity index (χ0v) is 19.9. The number of nitrogens with one attached hydrogen (secondary N) is 1. The van der Waals surface area contributed by atoms with Crippen LogP contribution < -0.4 is 5.32 Å². The number of anilines is 1. The molecule has 3 aromatic rings. The standard InChI is InChI=1S/C25H22FN3O3S2/c26-19-3-1-2-17(11-19)14-29-8-6-22-21(15-29)20(13-27)25(33-22)28-24(30)12-16-4-5-23-18(10-16)7-9-34(23,31)32/h1-5,10-11H,6-9,12,14-15H2,(H,28,30). The molecule has 174 valence electrons. The molecule has 3 heterocycles. The fourth-order valence-electron chi connectivity index (χ4n) is 4.63. The van der Waals surface area contributed by atoms with E-state index in [9.17, 15) is 22.9 Å². The summed E-state index contributed by atoms with van der Waals surface area (Å²) in [5.74, 6) is -0.397. The summed E-state index contributed by atoms with van der Waals surface area (Å²) >= 11 is 1.44. The van der Waals surface area contributed by atoms with Crippen LogP contribution in [0.5, 0.6) is 0 Å². The van der Waals surface area contributed by atoms with Gasteiger partial charge in [-0.15, -0.1) is 11.3 Å². The van der Waals surface area contributed by atoms with Crippen LogP contribution in [-0.4, -0.2) is 31.5 Å². The van der Waals surface area contributed by atoms with Gasteiger partial charge in [-0.3, -0.25) is 9.69 Å². The fraction of sp³-hybridized carbons (Fsp3) is 0.280. The van der Waals surface area contributed by atoms with E-state index in [1.165, 1.54) is 23.5 Å². The molecule has 2 aliphatic rings. The van der Waals surface area contributed by atoms with Crippen LogP contribution in [0.3, 0.4) is 0 Å². The molecule has 0 radical (unpaired) electrons. The Morgan fingerprint density at radius 1 is 1.18 bits per heavy atom. The van der Waals surface area contributed by atoms with Gasteiger partial charge in [0.25, 0.3) is 0 Å². The zero-order valence-electron chi connectivity index (χ0n) is 18.3. The fourth-order valence-corrected chi connectivity index (χ4v) is 7.34. The monoisotopic (exact) mass is 495 g/mol. The van der Waals surface area contributed by atoms with Crippen molar-refractivity contribution in [2.75, 3.05) is 17.6 Å². The third kappa shape index (κ3) is 4.49. The number of hydrogen-bond acceptors (Lipinski definition) is 6. The molecule has 0 unspecified atom stereocenters. The van der Waals surface area contributed by atoms with Crippen molar-refractivity contribution in [2.45, 2.75) is 37.2 Å². The minimum Gasteiger partial charge on any atom is -0.316 e. The van der Waals surface area contributed by atoms with E-state index in [1.807, 2.05) is 6.07 Å². The van der Waals surface area contributed by atoms with Crippen molar-refractivity contribution in [3.05, 3.63) is 81.0 Å². The highest BCUT2D eigenvalue weighted by molar-refractivity contribution is 7.91. The van der Waals surface area contributed by atoms with Crippen molar-refractivity contribution in [1.29, 1.82) is 5.26 Å². The van der Waals surface area contributed by atoms with E-state index in [4.69, 9.17) is 0 Å². The average molecular weight is 496 g/mol. The lowest BCUT2D eigenvalue weighted by atomic mass is 10.0. The van der Waals surface area contributed by atoms with Crippen molar-refractivity contribution in [3.8, 4) is 6.07 Å². The van der Waals surface area contributed by atoms with Crippen LogP contribution in [0.2, 0.25) is 0 Å². The highest BCUT2D eigenvalue weighted by atomic mass is 32.2. The number of aryl methyl sites for hydroxylation is 1. The first-order valence-electron chi connectivity index (χ1n) is 11.0. The molecule has 0 saturated carbocycles. The first kappa shape index (κ1) is 22.7. The number of rotatable bonds is 5. The first-order valence-corrected chi connectivity index (χ1v) is 13.4. The van der Waals surface area contributed by atoms with Crippen LogP contribution >= 0.6 is 11.3 Å². The molecule has 0 fully saturated rings. The molecule has 0 saturated heterocycles. The number of benzene rings is 2. The molecule has 0 bridgehead atoms. The van der Waals surface area contributed by atoms with Crippen LogP contribution in [0, 0.1) is 17.1 Å². The van der Waals surface area contributed by atoms with Gasteiger partial charge in [-0.1, -0.05) is 24.3 Å². The van der Waals surface area contributed by atoms with E-state index in [0.29, 0.717) is 35.0 Å². The third-order valence-electron chi connectivity index (χ3n) is 6.25. The Morgan fingerprint density at radius 2 is 2.03 bits per heavy atom. The lowest BCUT2D eigenvalue weighted by Crippen LogP contribution is -2.29. The molecule has 2 aromatic carbocycles. The summed E-state index contributed by atoms with van der Waals surface area (Å²) in [5.41, 5.74) is 3.79. The summed E-state index contributed by atoms with van der Waals surface area (Å²) in [6, 6.07) is 13.8. The van der Waals surface area contributed by atoms with Crippen LogP contribution in [0.4, 0.5) is 9.39 Å². The van der Waals surface area contributed by atoms with Crippen molar-refractivity contribution in [2.24, 2.45) is 0 Å². The van der Waals surface area contributed by atoms with Crippen LogP contribution in [0.25, 0.3) is 0 Å². The van der Waals surface area contributed by atoms with E-state index in [-0.39, 0.29) is 23.9 Å². The quantitative estimate of drug-likeness (QED) is 0.581. The van der Waals surface area contributed by atoms with Crippen molar-refractivity contribution in [1.82, 2.24) is 4.90 Å². The van der Waals surface area contributed by atoms with Gasteiger partial charge in [0.15, 0.2) is 9.84 Å². The van der Waals surface area contributed by atoms with Crippen LogP contribution in [-0.2, 0) is 47.0 Å². The van der Waals surface area contributed by atoms with Gasteiger partial charge in [0.2, 0.25) is 5.91 Å².